The van der Waals surface area contributed by atoms with Gasteiger partial charge in [-0.2, -0.15) is 0 Å². The lowest BCUT2D eigenvalue weighted by Gasteiger charge is -2.10. The number of nitrogens with zero attached hydrogens (tertiary/aromatic N) is 2. The Bertz CT molecular complexity index is 1020. The van der Waals surface area contributed by atoms with Crippen LogP contribution in [-0.4, -0.2) is 21.2 Å². The average Bonchev–Trinajstić information content (AvgIpc) is 2.62. The van der Waals surface area contributed by atoms with Gasteiger partial charge in [0, 0.05) is 23.8 Å². The molecule has 0 saturated carbocycles. The normalized spacial score (nSPS) is 10.6. The molecule has 6 heteroatoms. The summed E-state index contributed by atoms with van der Waals surface area (Å²) in [6, 6.07) is 13.5. The van der Waals surface area contributed by atoms with Crippen molar-refractivity contribution in [2.24, 2.45) is 0 Å². The Morgan fingerprint density at radius 2 is 1.81 bits per heavy atom. The van der Waals surface area contributed by atoms with Crippen molar-refractivity contribution >= 4 is 23.4 Å². The molecule has 0 radical (unpaired) electrons. The Labute approximate surface area is 162 Å². The summed E-state index contributed by atoms with van der Waals surface area (Å²) in [5.41, 5.74) is 4.51. The molecule has 0 unspecified atom stereocenters. The van der Waals surface area contributed by atoms with Crippen molar-refractivity contribution < 1.29 is 4.79 Å². The van der Waals surface area contributed by atoms with E-state index in [1.165, 1.54) is 0 Å². The maximum atomic E-state index is 12.8. The number of thioether (sulfide) groups is 1. The van der Waals surface area contributed by atoms with Crippen molar-refractivity contribution in [3.05, 3.63) is 81.9 Å². The number of aromatic nitrogens is 2. The Balaban J connectivity index is 1.75. The predicted octanol–water partition coefficient (Wildman–Crippen LogP) is 3.89. The molecule has 1 heterocycles. The third-order valence-corrected chi connectivity index (χ3v) is 5.01. The van der Waals surface area contributed by atoms with Gasteiger partial charge in [-0.15, -0.1) is 0 Å². The number of amides is 1. The molecule has 5 nitrogen and oxygen atoms in total. The molecule has 0 bridgehead atoms. The van der Waals surface area contributed by atoms with E-state index in [-0.39, 0.29) is 17.2 Å². The van der Waals surface area contributed by atoms with E-state index in [4.69, 9.17) is 0 Å². The Kier molecular flexibility index (Phi) is 5.76. The molecule has 3 aromatic rings. The van der Waals surface area contributed by atoms with E-state index in [1.54, 1.807) is 17.0 Å². The molecular weight excluding hydrogens is 358 g/mol. The number of carbonyl (C=O) groups is 1. The number of carbonyl (C=O) groups excluding carboxylic acids is 1. The number of aryl methyl sites for hydroxylation is 3. The smallest absolute Gasteiger partial charge is 0.287 e. The Morgan fingerprint density at radius 3 is 2.52 bits per heavy atom. The molecule has 0 aliphatic rings. The van der Waals surface area contributed by atoms with Crippen LogP contribution in [-0.2, 0) is 4.79 Å². The third-order valence-electron chi connectivity index (χ3n) is 4.05. The second-order valence-corrected chi connectivity index (χ2v) is 7.37. The summed E-state index contributed by atoms with van der Waals surface area (Å²) < 4.78 is 1.56. The topological polar surface area (TPSA) is 64.0 Å². The minimum Gasteiger partial charge on any atom is -0.325 e. The largest absolute Gasteiger partial charge is 0.325 e. The number of hydrogen-bond donors (Lipinski definition) is 1. The summed E-state index contributed by atoms with van der Waals surface area (Å²) >= 11 is 1.14. The Morgan fingerprint density at radius 1 is 1.11 bits per heavy atom. The number of anilines is 1. The first-order chi connectivity index (χ1) is 12.9. The van der Waals surface area contributed by atoms with Crippen molar-refractivity contribution in [2.45, 2.75) is 25.8 Å². The molecule has 0 aliphatic carbocycles. The van der Waals surface area contributed by atoms with Gasteiger partial charge >= 0.3 is 0 Å². The number of nitrogens with one attached hydrogen (secondary N) is 1. The van der Waals surface area contributed by atoms with Crippen LogP contribution in [0.5, 0.6) is 0 Å². The van der Waals surface area contributed by atoms with Crippen LogP contribution in [0.3, 0.4) is 0 Å². The molecule has 1 aromatic heterocycles. The molecule has 0 fully saturated rings. The standard InChI is InChI=1S/C21H21N3O2S/c1-14-10-15(2)12-17(11-14)24-9-8-22-20(21(24)26)27-13-19(25)23-18-7-5-4-6-16(18)3/h4-12H,13H2,1-3H3,(H,23,25). The fourth-order valence-corrected chi connectivity index (χ4v) is 3.52. The van der Waals surface area contributed by atoms with Gasteiger partial charge in [0.15, 0.2) is 5.03 Å². The molecule has 1 amide bonds. The summed E-state index contributed by atoms with van der Waals surface area (Å²) in [7, 11) is 0. The van der Waals surface area contributed by atoms with E-state index in [0.29, 0.717) is 5.03 Å². The van der Waals surface area contributed by atoms with Crippen LogP contribution in [0.2, 0.25) is 0 Å². The summed E-state index contributed by atoms with van der Waals surface area (Å²) in [4.78, 5) is 29.1. The highest BCUT2D eigenvalue weighted by Gasteiger charge is 2.11. The van der Waals surface area contributed by atoms with Gasteiger partial charge in [0.1, 0.15) is 0 Å². The van der Waals surface area contributed by atoms with Crippen LogP contribution < -0.4 is 10.9 Å². The number of benzene rings is 2. The van der Waals surface area contributed by atoms with Gasteiger partial charge in [-0.05, 0) is 55.7 Å². The molecule has 1 N–H and O–H groups in total. The summed E-state index contributed by atoms with van der Waals surface area (Å²) in [5, 5.41) is 3.17. The summed E-state index contributed by atoms with van der Waals surface area (Å²) in [6.07, 6.45) is 3.23. The monoisotopic (exact) mass is 379 g/mol. The van der Waals surface area contributed by atoms with Crippen molar-refractivity contribution in [3.63, 3.8) is 0 Å². The van der Waals surface area contributed by atoms with E-state index in [1.807, 2.05) is 57.2 Å². The van der Waals surface area contributed by atoms with Crippen LogP contribution in [0.1, 0.15) is 16.7 Å². The molecule has 0 aliphatic heterocycles. The summed E-state index contributed by atoms with van der Waals surface area (Å²) in [6.45, 7) is 5.92. The van der Waals surface area contributed by atoms with Crippen molar-refractivity contribution in [2.75, 3.05) is 11.1 Å². The van der Waals surface area contributed by atoms with Crippen molar-refractivity contribution in [1.82, 2.24) is 9.55 Å². The van der Waals surface area contributed by atoms with E-state index in [9.17, 15) is 9.59 Å². The van der Waals surface area contributed by atoms with E-state index in [0.717, 1.165) is 39.8 Å². The lowest BCUT2D eigenvalue weighted by molar-refractivity contribution is -0.113. The van der Waals surface area contributed by atoms with Gasteiger partial charge in [0.2, 0.25) is 5.91 Å². The second-order valence-electron chi connectivity index (χ2n) is 6.41. The maximum Gasteiger partial charge on any atom is 0.287 e. The minimum atomic E-state index is -0.226. The van der Waals surface area contributed by atoms with E-state index in [2.05, 4.69) is 16.4 Å². The summed E-state index contributed by atoms with van der Waals surface area (Å²) in [5.74, 6) is -0.0507. The van der Waals surface area contributed by atoms with Crippen LogP contribution in [0, 0.1) is 20.8 Å². The second kappa shape index (κ2) is 8.22. The fraction of sp³-hybridized carbons (Fsp3) is 0.190. The molecule has 0 saturated heterocycles. The predicted molar refractivity (Wildman–Crippen MR) is 110 cm³/mol. The zero-order valence-corrected chi connectivity index (χ0v) is 16.3. The minimum absolute atomic E-state index is 0.118. The Hall–Kier alpha value is -2.86. The zero-order chi connectivity index (χ0) is 19.4. The van der Waals surface area contributed by atoms with Crippen LogP contribution >= 0.6 is 11.8 Å². The molecule has 138 valence electrons. The van der Waals surface area contributed by atoms with Gasteiger partial charge in [-0.3, -0.25) is 14.2 Å². The van der Waals surface area contributed by atoms with Crippen LogP contribution in [0.4, 0.5) is 5.69 Å². The van der Waals surface area contributed by atoms with Gasteiger partial charge in [0.05, 0.1) is 5.75 Å². The third kappa shape index (κ3) is 4.65. The van der Waals surface area contributed by atoms with E-state index < -0.39 is 0 Å². The van der Waals surface area contributed by atoms with Gasteiger partial charge in [-0.1, -0.05) is 36.0 Å². The quantitative estimate of drug-likeness (QED) is 0.683. The lowest BCUT2D eigenvalue weighted by Crippen LogP contribution is -2.22. The lowest BCUT2D eigenvalue weighted by atomic mass is 10.1. The van der Waals surface area contributed by atoms with Gasteiger partial charge in [0.25, 0.3) is 5.56 Å². The van der Waals surface area contributed by atoms with Crippen LogP contribution in [0.25, 0.3) is 5.69 Å². The molecular formula is C21H21N3O2S. The average molecular weight is 379 g/mol. The zero-order valence-electron chi connectivity index (χ0n) is 15.5. The first kappa shape index (κ1) is 18.9. The van der Waals surface area contributed by atoms with Gasteiger partial charge < -0.3 is 5.32 Å². The highest BCUT2D eigenvalue weighted by Crippen LogP contribution is 2.17. The number of rotatable bonds is 5. The molecule has 0 spiro atoms. The highest BCUT2D eigenvalue weighted by atomic mass is 32.2. The number of hydrogen-bond acceptors (Lipinski definition) is 4. The first-order valence-corrected chi connectivity index (χ1v) is 9.57. The fourth-order valence-electron chi connectivity index (χ4n) is 2.82. The first-order valence-electron chi connectivity index (χ1n) is 8.58. The highest BCUT2D eigenvalue weighted by molar-refractivity contribution is 7.99. The van der Waals surface area contributed by atoms with Crippen molar-refractivity contribution in [3.8, 4) is 5.69 Å². The molecule has 3 rings (SSSR count). The number of para-hydroxylation sites is 1. The molecule has 27 heavy (non-hydrogen) atoms. The van der Waals surface area contributed by atoms with Crippen molar-refractivity contribution in [1.29, 1.82) is 0 Å². The SMILES string of the molecule is Cc1cc(C)cc(-n2ccnc(SCC(=O)Nc3ccccc3C)c2=O)c1. The van der Waals surface area contributed by atoms with Gasteiger partial charge in [-0.25, -0.2) is 4.98 Å². The molecule has 0 atom stereocenters. The van der Waals surface area contributed by atoms with E-state index >= 15 is 0 Å². The maximum absolute atomic E-state index is 12.8. The van der Waals surface area contributed by atoms with Crippen LogP contribution in [0.15, 0.2) is 64.7 Å². The molecule has 2 aromatic carbocycles.